The number of carbonyl (C=O) groups excluding carboxylic acids is 1. The molecule has 0 aliphatic rings. The standard InChI is InChI=1S/C25H34Cl2N2O2/c1-3-5-7-8-9-16-29(25(30)28-24-15-12-21(26)18-23(24)27)19-20-10-13-22(14-11-20)31-17-6-4-2/h10-15,18H,3-9,16-17,19H2,1-2H3,(H,28,30). The Morgan fingerprint density at radius 3 is 2.32 bits per heavy atom. The molecule has 2 aromatic rings. The number of ether oxygens (including phenoxy) is 1. The van der Waals surface area contributed by atoms with Gasteiger partial charge in [-0.15, -0.1) is 0 Å². The molecule has 2 rings (SSSR count). The van der Waals surface area contributed by atoms with E-state index in [1.165, 1.54) is 19.3 Å². The molecule has 0 fully saturated rings. The van der Waals surface area contributed by atoms with Gasteiger partial charge in [-0.25, -0.2) is 4.79 Å². The lowest BCUT2D eigenvalue weighted by Gasteiger charge is -2.24. The van der Waals surface area contributed by atoms with Gasteiger partial charge < -0.3 is 15.0 Å². The number of nitrogens with zero attached hydrogens (tertiary/aromatic N) is 1. The molecule has 0 aliphatic carbocycles. The van der Waals surface area contributed by atoms with Crippen LogP contribution in [-0.2, 0) is 6.54 Å². The summed E-state index contributed by atoms with van der Waals surface area (Å²) in [5.41, 5.74) is 1.63. The molecule has 4 nitrogen and oxygen atoms in total. The quantitative estimate of drug-likeness (QED) is 0.303. The number of hydrogen-bond donors (Lipinski definition) is 1. The van der Waals surface area contributed by atoms with E-state index >= 15 is 0 Å². The van der Waals surface area contributed by atoms with Gasteiger partial charge in [0.05, 0.1) is 17.3 Å². The molecule has 2 amide bonds. The van der Waals surface area contributed by atoms with Crippen molar-refractivity contribution in [3.63, 3.8) is 0 Å². The van der Waals surface area contributed by atoms with Crippen molar-refractivity contribution in [2.24, 2.45) is 0 Å². The fourth-order valence-corrected chi connectivity index (χ4v) is 3.65. The zero-order valence-corrected chi connectivity index (χ0v) is 20.1. The molecule has 2 aromatic carbocycles. The molecule has 0 unspecified atom stereocenters. The summed E-state index contributed by atoms with van der Waals surface area (Å²) in [5.74, 6) is 0.862. The maximum Gasteiger partial charge on any atom is 0.322 e. The fourth-order valence-electron chi connectivity index (χ4n) is 3.19. The Morgan fingerprint density at radius 2 is 1.65 bits per heavy atom. The molecule has 0 spiro atoms. The van der Waals surface area contributed by atoms with E-state index in [0.29, 0.717) is 28.8 Å². The lowest BCUT2D eigenvalue weighted by atomic mass is 10.1. The average Bonchev–Trinajstić information content (AvgIpc) is 2.76. The topological polar surface area (TPSA) is 41.6 Å². The SMILES string of the molecule is CCCCCCCN(Cc1ccc(OCCCC)cc1)C(=O)Nc1ccc(Cl)cc1Cl. The van der Waals surface area contributed by atoms with Crippen molar-refractivity contribution in [3.05, 3.63) is 58.1 Å². The van der Waals surface area contributed by atoms with Crippen molar-refractivity contribution >= 4 is 34.9 Å². The highest BCUT2D eigenvalue weighted by Gasteiger charge is 2.15. The van der Waals surface area contributed by atoms with Gasteiger partial charge in [0.1, 0.15) is 5.75 Å². The van der Waals surface area contributed by atoms with Gasteiger partial charge in [-0.05, 0) is 48.7 Å². The number of amides is 2. The molecule has 0 atom stereocenters. The van der Waals surface area contributed by atoms with Crippen molar-refractivity contribution < 1.29 is 9.53 Å². The molecule has 0 bridgehead atoms. The fraction of sp³-hybridized carbons (Fsp3) is 0.480. The highest BCUT2D eigenvalue weighted by molar-refractivity contribution is 6.36. The highest BCUT2D eigenvalue weighted by Crippen LogP contribution is 2.26. The van der Waals surface area contributed by atoms with Gasteiger partial charge in [0.2, 0.25) is 0 Å². The third kappa shape index (κ3) is 9.40. The van der Waals surface area contributed by atoms with E-state index in [-0.39, 0.29) is 6.03 Å². The van der Waals surface area contributed by atoms with E-state index in [2.05, 4.69) is 19.2 Å². The molecule has 0 saturated carbocycles. The third-order valence-electron chi connectivity index (χ3n) is 5.05. The van der Waals surface area contributed by atoms with Crippen LogP contribution in [0.4, 0.5) is 10.5 Å². The number of urea groups is 1. The lowest BCUT2D eigenvalue weighted by molar-refractivity contribution is 0.207. The summed E-state index contributed by atoms with van der Waals surface area (Å²) in [5, 5.41) is 3.89. The number of nitrogens with one attached hydrogen (secondary N) is 1. The molecule has 0 radical (unpaired) electrons. The molecule has 31 heavy (non-hydrogen) atoms. The van der Waals surface area contributed by atoms with Crippen molar-refractivity contribution in [2.45, 2.75) is 65.3 Å². The second-order valence-electron chi connectivity index (χ2n) is 7.74. The molecule has 1 N–H and O–H groups in total. The molecule has 170 valence electrons. The summed E-state index contributed by atoms with van der Waals surface area (Å²) in [4.78, 5) is 14.9. The number of halogens is 2. The summed E-state index contributed by atoms with van der Waals surface area (Å²) in [7, 11) is 0. The largest absolute Gasteiger partial charge is 0.494 e. The summed E-state index contributed by atoms with van der Waals surface area (Å²) >= 11 is 12.2. The van der Waals surface area contributed by atoms with Gasteiger partial charge in [-0.2, -0.15) is 0 Å². The van der Waals surface area contributed by atoms with Gasteiger partial charge >= 0.3 is 6.03 Å². The zero-order valence-electron chi connectivity index (χ0n) is 18.6. The third-order valence-corrected chi connectivity index (χ3v) is 5.60. The molecule has 0 saturated heterocycles. The van der Waals surface area contributed by atoms with E-state index in [1.807, 2.05) is 29.2 Å². The Hall–Kier alpha value is -1.91. The number of rotatable bonds is 13. The summed E-state index contributed by atoms with van der Waals surface area (Å²) in [6.45, 7) is 6.29. The lowest BCUT2D eigenvalue weighted by Crippen LogP contribution is -2.35. The maximum absolute atomic E-state index is 13.0. The second-order valence-corrected chi connectivity index (χ2v) is 8.58. The summed E-state index contributed by atoms with van der Waals surface area (Å²) < 4.78 is 5.74. The Bertz CT molecular complexity index is 797. The molecule has 6 heteroatoms. The monoisotopic (exact) mass is 464 g/mol. The number of hydrogen-bond acceptors (Lipinski definition) is 2. The van der Waals surface area contributed by atoms with Crippen LogP contribution >= 0.6 is 23.2 Å². The van der Waals surface area contributed by atoms with Gasteiger partial charge in [0.15, 0.2) is 0 Å². The van der Waals surface area contributed by atoms with Crippen LogP contribution in [0.25, 0.3) is 0 Å². The van der Waals surface area contributed by atoms with E-state index in [9.17, 15) is 4.79 Å². The van der Waals surface area contributed by atoms with Crippen LogP contribution in [0.1, 0.15) is 64.4 Å². The van der Waals surface area contributed by atoms with Crippen LogP contribution in [0.3, 0.4) is 0 Å². The van der Waals surface area contributed by atoms with E-state index in [0.717, 1.165) is 43.6 Å². The number of carbonyl (C=O) groups is 1. The van der Waals surface area contributed by atoms with Crippen molar-refractivity contribution in [1.82, 2.24) is 4.90 Å². The van der Waals surface area contributed by atoms with Crippen LogP contribution in [-0.4, -0.2) is 24.1 Å². The molecule has 0 aromatic heterocycles. The predicted octanol–water partition coefficient (Wildman–Crippen LogP) is 8.18. The van der Waals surface area contributed by atoms with Gasteiger partial charge in [0.25, 0.3) is 0 Å². The number of unbranched alkanes of at least 4 members (excludes halogenated alkanes) is 5. The Labute approximate surface area is 196 Å². The van der Waals surface area contributed by atoms with E-state index in [4.69, 9.17) is 27.9 Å². The average molecular weight is 465 g/mol. The first-order valence-corrected chi connectivity index (χ1v) is 12.0. The maximum atomic E-state index is 13.0. The molecular formula is C25H34Cl2N2O2. The molecular weight excluding hydrogens is 431 g/mol. The van der Waals surface area contributed by atoms with Crippen LogP contribution in [0, 0.1) is 0 Å². The first-order valence-electron chi connectivity index (χ1n) is 11.3. The highest BCUT2D eigenvalue weighted by atomic mass is 35.5. The van der Waals surface area contributed by atoms with Gasteiger partial charge in [-0.3, -0.25) is 0 Å². The Balaban J connectivity index is 2.01. The Morgan fingerprint density at radius 1 is 0.935 bits per heavy atom. The first-order chi connectivity index (χ1) is 15.0. The number of anilines is 1. The van der Waals surface area contributed by atoms with Gasteiger partial charge in [-0.1, -0.05) is 81.3 Å². The molecule has 0 heterocycles. The van der Waals surface area contributed by atoms with Crippen molar-refractivity contribution in [1.29, 1.82) is 0 Å². The van der Waals surface area contributed by atoms with Crippen molar-refractivity contribution in [3.8, 4) is 5.75 Å². The minimum atomic E-state index is -0.164. The summed E-state index contributed by atoms with van der Waals surface area (Å²) in [6.07, 6.45) is 7.86. The smallest absolute Gasteiger partial charge is 0.322 e. The normalized spacial score (nSPS) is 10.7. The van der Waals surface area contributed by atoms with E-state index in [1.54, 1.807) is 18.2 Å². The van der Waals surface area contributed by atoms with E-state index < -0.39 is 0 Å². The predicted molar refractivity (Wildman–Crippen MR) is 131 cm³/mol. The zero-order chi connectivity index (χ0) is 22.5. The van der Waals surface area contributed by atoms with Gasteiger partial charge in [0, 0.05) is 18.1 Å². The molecule has 0 aliphatic heterocycles. The minimum absolute atomic E-state index is 0.164. The van der Waals surface area contributed by atoms with Crippen LogP contribution < -0.4 is 10.1 Å². The first kappa shape index (κ1) is 25.4. The minimum Gasteiger partial charge on any atom is -0.494 e. The second kappa shape index (κ2) is 14.2. The van der Waals surface area contributed by atoms with Crippen LogP contribution in [0.2, 0.25) is 10.0 Å². The van der Waals surface area contributed by atoms with Crippen LogP contribution in [0.15, 0.2) is 42.5 Å². The van der Waals surface area contributed by atoms with Crippen LogP contribution in [0.5, 0.6) is 5.75 Å². The number of benzene rings is 2. The van der Waals surface area contributed by atoms with Crippen molar-refractivity contribution in [2.75, 3.05) is 18.5 Å². The Kier molecular flexibility index (Phi) is 11.6. The summed E-state index contributed by atoms with van der Waals surface area (Å²) in [6, 6.07) is 12.9.